The Hall–Kier alpha value is -1.80. The van der Waals surface area contributed by atoms with Crippen molar-refractivity contribution < 1.29 is 22.7 Å². The number of sulfone groups is 1. The Morgan fingerprint density at radius 3 is 2.47 bits per heavy atom. The summed E-state index contributed by atoms with van der Waals surface area (Å²) in [5, 5.41) is 9.92. The van der Waals surface area contributed by atoms with Crippen LogP contribution in [0.4, 0.5) is 4.39 Å². The van der Waals surface area contributed by atoms with Crippen molar-refractivity contribution in [1.29, 1.82) is 0 Å². The Bertz CT molecular complexity index is 707. The van der Waals surface area contributed by atoms with Crippen LogP contribution in [-0.2, 0) is 15.6 Å². The van der Waals surface area contributed by atoms with E-state index in [4.69, 9.17) is 5.11 Å². The van der Waals surface area contributed by atoms with Crippen LogP contribution in [0.1, 0.15) is 15.5 Å². The van der Waals surface area contributed by atoms with Gasteiger partial charge in [0.15, 0.2) is 9.84 Å². The molecular formula is C11H8FNO4S2. The average molecular weight is 301 g/mol. The Kier molecular flexibility index (Phi) is 3.63. The molecule has 0 aliphatic heterocycles. The van der Waals surface area contributed by atoms with Gasteiger partial charge in [-0.25, -0.2) is 22.6 Å². The monoisotopic (exact) mass is 301 g/mol. The number of rotatable bonds is 4. The van der Waals surface area contributed by atoms with Crippen LogP contribution in [-0.4, -0.2) is 24.5 Å². The van der Waals surface area contributed by atoms with Crippen molar-refractivity contribution >= 4 is 27.1 Å². The van der Waals surface area contributed by atoms with Gasteiger partial charge in [0.05, 0.1) is 16.3 Å². The van der Waals surface area contributed by atoms with Gasteiger partial charge in [0, 0.05) is 5.38 Å². The lowest BCUT2D eigenvalue weighted by atomic mass is 10.4. The molecular weight excluding hydrogens is 293 g/mol. The number of carboxylic acids is 1. The Morgan fingerprint density at radius 1 is 1.32 bits per heavy atom. The standard InChI is InChI=1S/C11H8FNO4S2/c12-7-1-3-9(4-2-7)19(16,17)6-8-5-18-10(13-8)11(14)15/h1-5H,6H2,(H,14,15). The van der Waals surface area contributed by atoms with Gasteiger partial charge < -0.3 is 5.11 Å². The lowest BCUT2D eigenvalue weighted by molar-refractivity contribution is 0.0696. The highest BCUT2D eigenvalue weighted by Crippen LogP contribution is 2.18. The van der Waals surface area contributed by atoms with Gasteiger partial charge >= 0.3 is 5.97 Å². The topological polar surface area (TPSA) is 84.3 Å². The fraction of sp³-hybridized carbons (Fsp3) is 0.0909. The molecule has 0 saturated carbocycles. The second kappa shape index (κ2) is 5.06. The normalized spacial score (nSPS) is 11.4. The Labute approximate surface area is 112 Å². The molecule has 0 bridgehead atoms. The molecule has 100 valence electrons. The number of aromatic carboxylic acids is 1. The number of benzene rings is 1. The number of carboxylic acid groups (broad SMARTS) is 1. The van der Waals surface area contributed by atoms with E-state index in [1.54, 1.807) is 0 Å². The Balaban J connectivity index is 2.25. The summed E-state index contributed by atoms with van der Waals surface area (Å²) in [5.74, 6) is -2.14. The zero-order chi connectivity index (χ0) is 14.0. The summed E-state index contributed by atoms with van der Waals surface area (Å²) in [4.78, 5) is 14.3. The van der Waals surface area contributed by atoms with Gasteiger partial charge in [0.25, 0.3) is 0 Å². The van der Waals surface area contributed by atoms with E-state index in [1.165, 1.54) is 5.38 Å². The largest absolute Gasteiger partial charge is 0.476 e. The van der Waals surface area contributed by atoms with E-state index in [9.17, 15) is 17.6 Å². The molecule has 0 unspecified atom stereocenters. The molecule has 0 aliphatic rings. The fourth-order valence-electron chi connectivity index (χ4n) is 1.39. The molecule has 0 amide bonds. The predicted octanol–water partition coefficient (Wildman–Crippen LogP) is 1.95. The van der Waals surface area contributed by atoms with Crippen molar-refractivity contribution in [2.24, 2.45) is 0 Å². The highest BCUT2D eigenvalue weighted by atomic mass is 32.2. The van der Waals surface area contributed by atoms with Gasteiger partial charge in [-0.2, -0.15) is 0 Å². The zero-order valence-corrected chi connectivity index (χ0v) is 11.0. The van der Waals surface area contributed by atoms with Crippen molar-refractivity contribution in [2.75, 3.05) is 0 Å². The first-order valence-electron chi connectivity index (χ1n) is 5.04. The molecule has 0 fully saturated rings. The number of hydrogen-bond donors (Lipinski definition) is 1. The number of carbonyl (C=O) groups is 1. The smallest absolute Gasteiger partial charge is 0.365 e. The first-order valence-corrected chi connectivity index (χ1v) is 7.58. The van der Waals surface area contributed by atoms with Crippen LogP contribution in [0.25, 0.3) is 0 Å². The summed E-state index contributed by atoms with van der Waals surface area (Å²) in [6, 6.07) is 4.43. The quantitative estimate of drug-likeness (QED) is 0.873. The van der Waals surface area contributed by atoms with Crippen LogP contribution in [0.5, 0.6) is 0 Å². The molecule has 5 nitrogen and oxygen atoms in total. The molecule has 1 aromatic carbocycles. The third-order valence-corrected chi connectivity index (χ3v) is 4.79. The first kappa shape index (κ1) is 13.6. The molecule has 1 heterocycles. The van der Waals surface area contributed by atoms with E-state index in [1.807, 2.05) is 0 Å². The summed E-state index contributed by atoms with van der Waals surface area (Å²) in [6.45, 7) is 0. The number of thiazole rings is 1. The molecule has 0 aliphatic carbocycles. The van der Waals surface area contributed by atoms with Crippen molar-refractivity contribution in [3.63, 3.8) is 0 Å². The maximum absolute atomic E-state index is 12.7. The van der Waals surface area contributed by atoms with Crippen LogP contribution in [0.15, 0.2) is 34.5 Å². The highest BCUT2D eigenvalue weighted by Gasteiger charge is 2.18. The highest BCUT2D eigenvalue weighted by molar-refractivity contribution is 7.90. The molecule has 2 rings (SSSR count). The molecule has 0 atom stereocenters. The molecule has 1 aromatic heterocycles. The Morgan fingerprint density at radius 2 is 1.95 bits per heavy atom. The molecule has 8 heteroatoms. The summed E-state index contributed by atoms with van der Waals surface area (Å²) in [6.07, 6.45) is 0. The zero-order valence-electron chi connectivity index (χ0n) is 9.41. The fourth-order valence-corrected chi connectivity index (χ4v) is 3.41. The van der Waals surface area contributed by atoms with E-state index in [2.05, 4.69) is 4.98 Å². The van der Waals surface area contributed by atoms with Crippen molar-refractivity contribution in [3.8, 4) is 0 Å². The third kappa shape index (κ3) is 3.15. The van der Waals surface area contributed by atoms with E-state index < -0.39 is 27.4 Å². The van der Waals surface area contributed by atoms with Crippen LogP contribution in [0.3, 0.4) is 0 Å². The minimum Gasteiger partial charge on any atom is -0.476 e. The lowest BCUT2D eigenvalue weighted by Gasteiger charge is -2.02. The summed E-state index contributed by atoms with van der Waals surface area (Å²) in [5.41, 5.74) is 0.159. The second-order valence-electron chi connectivity index (χ2n) is 3.66. The van der Waals surface area contributed by atoms with E-state index in [0.29, 0.717) is 0 Å². The lowest BCUT2D eigenvalue weighted by Crippen LogP contribution is -2.06. The number of halogens is 1. The molecule has 0 radical (unpaired) electrons. The van der Waals surface area contributed by atoms with Gasteiger partial charge in [0.2, 0.25) is 5.01 Å². The van der Waals surface area contributed by atoms with Gasteiger partial charge in [-0.05, 0) is 24.3 Å². The molecule has 19 heavy (non-hydrogen) atoms. The van der Waals surface area contributed by atoms with Gasteiger partial charge in [0.1, 0.15) is 5.82 Å². The number of hydrogen-bond acceptors (Lipinski definition) is 5. The minimum atomic E-state index is -3.66. The second-order valence-corrected chi connectivity index (χ2v) is 6.51. The average Bonchev–Trinajstić information content (AvgIpc) is 2.77. The maximum Gasteiger partial charge on any atom is 0.365 e. The van der Waals surface area contributed by atoms with Gasteiger partial charge in [-0.15, -0.1) is 11.3 Å². The summed E-state index contributed by atoms with van der Waals surface area (Å²) < 4.78 is 36.7. The maximum atomic E-state index is 12.7. The predicted molar refractivity (Wildman–Crippen MR) is 66.4 cm³/mol. The molecule has 0 spiro atoms. The van der Waals surface area contributed by atoms with Crippen LogP contribution in [0, 0.1) is 5.82 Å². The van der Waals surface area contributed by atoms with E-state index in [-0.39, 0.29) is 15.6 Å². The van der Waals surface area contributed by atoms with Gasteiger partial charge in [-0.1, -0.05) is 0 Å². The first-order chi connectivity index (χ1) is 8.88. The number of aromatic nitrogens is 1. The van der Waals surface area contributed by atoms with Crippen molar-refractivity contribution in [2.45, 2.75) is 10.6 Å². The number of nitrogens with zero attached hydrogens (tertiary/aromatic N) is 1. The van der Waals surface area contributed by atoms with Crippen LogP contribution >= 0.6 is 11.3 Å². The third-order valence-electron chi connectivity index (χ3n) is 2.25. The van der Waals surface area contributed by atoms with Gasteiger partial charge in [-0.3, -0.25) is 0 Å². The van der Waals surface area contributed by atoms with E-state index in [0.717, 1.165) is 35.6 Å². The summed E-state index contributed by atoms with van der Waals surface area (Å²) in [7, 11) is -3.66. The molecule has 0 saturated heterocycles. The molecule has 2 aromatic rings. The van der Waals surface area contributed by atoms with E-state index >= 15 is 0 Å². The summed E-state index contributed by atoms with van der Waals surface area (Å²) >= 11 is 0.861. The SMILES string of the molecule is O=C(O)c1nc(CS(=O)(=O)c2ccc(F)cc2)cs1. The van der Waals surface area contributed by atoms with Crippen molar-refractivity contribution in [3.05, 3.63) is 46.2 Å². The van der Waals surface area contributed by atoms with Crippen LogP contribution < -0.4 is 0 Å². The van der Waals surface area contributed by atoms with Crippen LogP contribution in [0.2, 0.25) is 0 Å². The van der Waals surface area contributed by atoms with Crippen molar-refractivity contribution in [1.82, 2.24) is 4.98 Å². The minimum absolute atomic E-state index is 0.0289. The molecule has 1 N–H and O–H groups in total.